The van der Waals surface area contributed by atoms with Crippen molar-refractivity contribution in [2.75, 3.05) is 52.3 Å². The van der Waals surface area contributed by atoms with E-state index in [2.05, 4.69) is 28.2 Å². The molecule has 1 amide bonds. The molecule has 1 saturated heterocycles. The monoisotopic (exact) mass is 431 g/mol. The maximum atomic E-state index is 12.8. The van der Waals surface area contributed by atoms with Crippen molar-refractivity contribution in [3.63, 3.8) is 0 Å². The number of hydrogen-bond donors (Lipinski definition) is 1. The molecule has 2 aromatic carbocycles. The fourth-order valence-corrected chi connectivity index (χ4v) is 3.68. The number of halogens is 1. The fraction of sp³-hybridized carbons (Fsp3) is 0.435. The van der Waals surface area contributed by atoms with E-state index in [1.54, 1.807) is 12.1 Å². The van der Waals surface area contributed by atoms with E-state index in [1.165, 1.54) is 12.7 Å². The number of carbonyl (C=O) groups is 1. The summed E-state index contributed by atoms with van der Waals surface area (Å²) in [6.07, 6.45) is 0.853. The lowest BCUT2D eigenvalue weighted by Crippen LogP contribution is -2.43. The summed E-state index contributed by atoms with van der Waals surface area (Å²) in [5, 5.41) is 3.32. The molecule has 1 N–H and O–H groups in total. The van der Waals surface area contributed by atoms with Gasteiger partial charge in [-0.05, 0) is 43.3 Å². The first-order valence-corrected chi connectivity index (χ1v) is 10.7. The summed E-state index contributed by atoms with van der Waals surface area (Å²) in [5.74, 6) is 0.672. The number of nitrogens with zero attached hydrogens (tertiary/aromatic N) is 2. The molecule has 1 aliphatic rings. The van der Waals surface area contributed by atoms with Crippen molar-refractivity contribution in [3.8, 4) is 11.5 Å². The lowest BCUT2D eigenvalue weighted by Gasteiger charge is -2.32. The zero-order valence-corrected chi connectivity index (χ0v) is 18.7. The van der Waals surface area contributed by atoms with Gasteiger partial charge in [0.2, 0.25) is 0 Å². The average Bonchev–Trinajstić information content (AvgIpc) is 2.74. The molecular formula is C23H30ClN3O3. The minimum Gasteiger partial charge on any atom is -0.493 e. The van der Waals surface area contributed by atoms with Gasteiger partial charge in [-0.2, -0.15) is 0 Å². The Balaban J connectivity index is 1.69. The summed E-state index contributed by atoms with van der Waals surface area (Å²) in [5.41, 5.74) is 2.36. The van der Waals surface area contributed by atoms with Gasteiger partial charge in [-0.25, -0.2) is 0 Å². The number of piperazine rings is 1. The van der Waals surface area contributed by atoms with E-state index in [4.69, 9.17) is 21.1 Å². The Labute approximate surface area is 183 Å². The number of benzene rings is 2. The van der Waals surface area contributed by atoms with Crippen LogP contribution in [0.25, 0.3) is 0 Å². The third-order valence-corrected chi connectivity index (χ3v) is 5.41. The number of hydrogen-bond acceptors (Lipinski definition) is 5. The molecule has 2 aromatic rings. The molecule has 0 bridgehead atoms. The van der Waals surface area contributed by atoms with E-state index in [0.717, 1.165) is 44.8 Å². The Kier molecular flexibility index (Phi) is 7.96. The molecule has 0 spiro atoms. The Morgan fingerprint density at radius 1 is 1.17 bits per heavy atom. The summed E-state index contributed by atoms with van der Waals surface area (Å²) in [7, 11) is 3.69. The molecular weight excluding hydrogens is 402 g/mol. The molecule has 6 nitrogen and oxygen atoms in total. The van der Waals surface area contributed by atoms with Crippen LogP contribution in [-0.2, 0) is 6.54 Å². The molecule has 0 atom stereocenters. The minimum atomic E-state index is -0.242. The lowest BCUT2D eigenvalue weighted by molar-refractivity contribution is 0.102. The van der Waals surface area contributed by atoms with Crippen LogP contribution in [0.3, 0.4) is 0 Å². The molecule has 7 heteroatoms. The van der Waals surface area contributed by atoms with E-state index in [0.29, 0.717) is 28.7 Å². The molecule has 162 valence electrons. The first kappa shape index (κ1) is 22.4. The number of likely N-dealkylation sites (N-methyl/N-ethyl adjacent to an activating group) is 1. The van der Waals surface area contributed by atoms with Gasteiger partial charge < -0.3 is 19.7 Å². The second kappa shape index (κ2) is 10.7. The quantitative estimate of drug-likeness (QED) is 0.680. The second-order valence-corrected chi connectivity index (χ2v) is 7.98. The molecule has 0 unspecified atom stereocenters. The minimum absolute atomic E-state index is 0.242. The molecule has 3 rings (SSSR count). The zero-order valence-electron chi connectivity index (χ0n) is 17.9. The van der Waals surface area contributed by atoms with Crippen molar-refractivity contribution in [3.05, 3.63) is 52.5 Å². The molecule has 0 aromatic heterocycles. The number of methoxy groups -OCH3 is 1. The summed E-state index contributed by atoms with van der Waals surface area (Å²) in [4.78, 5) is 17.6. The van der Waals surface area contributed by atoms with E-state index in [1.807, 2.05) is 25.1 Å². The largest absolute Gasteiger partial charge is 0.493 e. The average molecular weight is 432 g/mol. The summed E-state index contributed by atoms with van der Waals surface area (Å²) < 4.78 is 11.0. The molecule has 1 heterocycles. The summed E-state index contributed by atoms with van der Waals surface area (Å²) in [6, 6.07) is 11.2. The number of carbonyl (C=O) groups excluding carboxylic acids is 1. The van der Waals surface area contributed by atoms with Crippen LogP contribution in [0.15, 0.2) is 36.4 Å². The fourth-order valence-electron chi connectivity index (χ4n) is 3.41. The van der Waals surface area contributed by atoms with Gasteiger partial charge in [0, 0.05) is 44.0 Å². The molecule has 0 saturated carbocycles. The Hall–Kier alpha value is -2.28. The van der Waals surface area contributed by atoms with Gasteiger partial charge in [0.1, 0.15) is 0 Å². The van der Waals surface area contributed by atoms with Crippen molar-refractivity contribution in [2.24, 2.45) is 0 Å². The van der Waals surface area contributed by atoms with Crippen LogP contribution in [0.2, 0.25) is 5.02 Å². The van der Waals surface area contributed by atoms with E-state index < -0.39 is 0 Å². The molecule has 30 heavy (non-hydrogen) atoms. The molecule has 0 radical (unpaired) electrons. The third-order valence-electron chi connectivity index (χ3n) is 5.13. The van der Waals surface area contributed by atoms with Crippen LogP contribution in [0.4, 0.5) is 5.69 Å². The Bertz CT molecular complexity index is 867. The molecule has 0 aliphatic carbocycles. The first-order valence-electron chi connectivity index (χ1n) is 10.3. The van der Waals surface area contributed by atoms with Gasteiger partial charge in [-0.1, -0.05) is 30.7 Å². The highest BCUT2D eigenvalue weighted by Crippen LogP contribution is 2.36. The normalized spacial score (nSPS) is 15.1. The van der Waals surface area contributed by atoms with E-state index >= 15 is 0 Å². The predicted molar refractivity (Wildman–Crippen MR) is 121 cm³/mol. The predicted octanol–water partition coefficient (Wildman–Crippen LogP) is 4.14. The number of nitrogens with one attached hydrogen (secondary N) is 1. The van der Waals surface area contributed by atoms with Crippen molar-refractivity contribution >= 4 is 23.2 Å². The highest BCUT2D eigenvalue weighted by atomic mass is 35.5. The smallest absolute Gasteiger partial charge is 0.255 e. The number of anilines is 1. The van der Waals surface area contributed by atoms with Gasteiger partial charge >= 0.3 is 0 Å². The van der Waals surface area contributed by atoms with Gasteiger partial charge in [0.15, 0.2) is 11.5 Å². The van der Waals surface area contributed by atoms with Crippen LogP contribution < -0.4 is 14.8 Å². The Morgan fingerprint density at radius 2 is 1.93 bits per heavy atom. The standard InChI is InChI=1S/C23H30ClN3O3/c1-4-12-30-22-20(24)14-18(15-21(22)29-3)23(28)25-19-7-5-6-17(13-19)16-27-10-8-26(2)9-11-27/h5-7,13-15H,4,8-12,16H2,1-3H3,(H,25,28). The van der Waals surface area contributed by atoms with Gasteiger partial charge in [-0.3, -0.25) is 9.69 Å². The van der Waals surface area contributed by atoms with Crippen LogP contribution in [0.5, 0.6) is 11.5 Å². The Morgan fingerprint density at radius 3 is 2.63 bits per heavy atom. The van der Waals surface area contributed by atoms with E-state index in [9.17, 15) is 4.79 Å². The van der Waals surface area contributed by atoms with Crippen LogP contribution in [0, 0.1) is 0 Å². The van der Waals surface area contributed by atoms with Gasteiger partial charge in [0.25, 0.3) is 5.91 Å². The van der Waals surface area contributed by atoms with E-state index in [-0.39, 0.29) is 5.91 Å². The zero-order chi connectivity index (χ0) is 21.5. The molecule has 1 fully saturated rings. The van der Waals surface area contributed by atoms with Gasteiger partial charge in [0.05, 0.1) is 18.7 Å². The van der Waals surface area contributed by atoms with Crippen LogP contribution >= 0.6 is 11.6 Å². The maximum Gasteiger partial charge on any atom is 0.255 e. The molecule has 1 aliphatic heterocycles. The maximum absolute atomic E-state index is 12.8. The summed E-state index contributed by atoms with van der Waals surface area (Å²) in [6.45, 7) is 7.69. The van der Waals surface area contributed by atoms with Crippen LogP contribution in [0.1, 0.15) is 29.3 Å². The first-order chi connectivity index (χ1) is 14.5. The highest BCUT2D eigenvalue weighted by Gasteiger charge is 2.17. The SMILES string of the molecule is CCCOc1c(Cl)cc(C(=O)Nc2cccc(CN3CCN(C)CC3)c2)cc1OC. The topological polar surface area (TPSA) is 54.0 Å². The van der Waals surface area contributed by atoms with Crippen LogP contribution in [-0.4, -0.2) is 62.7 Å². The number of amides is 1. The van der Waals surface area contributed by atoms with Gasteiger partial charge in [-0.15, -0.1) is 0 Å². The third kappa shape index (κ3) is 5.88. The number of ether oxygens (including phenoxy) is 2. The van der Waals surface area contributed by atoms with Crippen molar-refractivity contribution in [2.45, 2.75) is 19.9 Å². The van der Waals surface area contributed by atoms with Crippen molar-refractivity contribution < 1.29 is 14.3 Å². The lowest BCUT2D eigenvalue weighted by atomic mass is 10.1. The number of rotatable bonds is 8. The van der Waals surface area contributed by atoms with Crippen molar-refractivity contribution in [1.82, 2.24) is 9.80 Å². The summed E-state index contributed by atoms with van der Waals surface area (Å²) >= 11 is 6.35. The second-order valence-electron chi connectivity index (χ2n) is 7.57. The highest BCUT2D eigenvalue weighted by molar-refractivity contribution is 6.32. The van der Waals surface area contributed by atoms with Crippen molar-refractivity contribution in [1.29, 1.82) is 0 Å².